The van der Waals surface area contributed by atoms with Crippen molar-refractivity contribution in [2.75, 3.05) is 11.9 Å². The topological polar surface area (TPSA) is 81.5 Å². The number of Topliss-reactive ketones (excluding diaryl/α,β-unsaturated/α-hetero) is 1. The molecular formula is C24H25N3O4S. The minimum atomic E-state index is -0.722. The molecule has 1 aliphatic heterocycles. The monoisotopic (exact) mass is 451 g/mol. The number of thiophene rings is 1. The van der Waals surface area contributed by atoms with Gasteiger partial charge in [0.25, 0.3) is 11.5 Å². The van der Waals surface area contributed by atoms with Crippen LogP contribution in [0.4, 0.5) is 5.69 Å². The SMILES string of the molecule is CC1CCc2c(sc3ncn(C(C)C(=O)c4ccc5c(c4)N(C)C(=O)C(C)O5)c(=O)c23)C1. The number of aryl methyl sites for hydroxylation is 1. The number of anilines is 1. The quantitative estimate of drug-likeness (QED) is 0.566. The molecule has 166 valence electrons. The lowest BCUT2D eigenvalue weighted by Crippen LogP contribution is -2.42. The van der Waals surface area contributed by atoms with E-state index in [0.29, 0.717) is 28.3 Å². The van der Waals surface area contributed by atoms with E-state index in [0.717, 1.165) is 29.7 Å². The molecule has 1 aliphatic carbocycles. The van der Waals surface area contributed by atoms with Gasteiger partial charge in [-0.2, -0.15) is 0 Å². The molecule has 0 radical (unpaired) electrons. The lowest BCUT2D eigenvalue weighted by molar-refractivity contribution is -0.125. The molecule has 0 saturated heterocycles. The van der Waals surface area contributed by atoms with Crippen molar-refractivity contribution < 1.29 is 14.3 Å². The number of ketones is 1. The molecule has 0 spiro atoms. The molecule has 0 saturated carbocycles. The van der Waals surface area contributed by atoms with Gasteiger partial charge >= 0.3 is 0 Å². The van der Waals surface area contributed by atoms with Crippen LogP contribution in [-0.4, -0.2) is 34.4 Å². The van der Waals surface area contributed by atoms with Crippen LogP contribution in [0.2, 0.25) is 0 Å². The van der Waals surface area contributed by atoms with Gasteiger partial charge < -0.3 is 9.64 Å². The molecular weight excluding hydrogens is 426 g/mol. The predicted octanol–water partition coefficient (Wildman–Crippen LogP) is 3.77. The largest absolute Gasteiger partial charge is 0.479 e. The summed E-state index contributed by atoms with van der Waals surface area (Å²) in [6.07, 6.45) is 3.83. The number of amides is 1. The third-order valence-electron chi connectivity index (χ3n) is 6.62. The van der Waals surface area contributed by atoms with Gasteiger partial charge in [-0.15, -0.1) is 11.3 Å². The number of hydrogen-bond acceptors (Lipinski definition) is 6. The highest BCUT2D eigenvalue weighted by atomic mass is 32.1. The Morgan fingerprint density at radius 2 is 2.06 bits per heavy atom. The Morgan fingerprint density at radius 1 is 1.28 bits per heavy atom. The maximum absolute atomic E-state index is 13.4. The number of ether oxygens (including phenoxy) is 1. The highest BCUT2D eigenvalue weighted by molar-refractivity contribution is 7.18. The second kappa shape index (κ2) is 7.55. The molecule has 1 amide bonds. The summed E-state index contributed by atoms with van der Waals surface area (Å²) in [6.45, 7) is 5.64. The van der Waals surface area contributed by atoms with Gasteiger partial charge in [0.2, 0.25) is 0 Å². The average Bonchev–Trinajstić information content (AvgIpc) is 3.15. The minimum absolute atomic E-state index is 0.162. The predicted molar refractivity (Wildman–Crippen MR) is 124 cm³/mol. The highest BCUT2D eigenvalue weighted by Gasteiger charge is 2.31. The molecule has 2 aliphatic rings. The molecule has 7 nitrogen and oxygen atoms in total. The molecule has 0 N–H and O–H groups in total. The molecule has 3 aromatic rings. The Kier molecular flexibility index (Phi) is 4.93. The Bertz CT molecular complexity index is 1320. The minimum Gasteiger partial charge on any atom is -0.479 e. The zero-order chi connectivity index (χ0) is 22.7. The molecule has 8 heteroatoms. The van der Waals surface area contributed by atoms with E-state index >= 15 is 0 Å². The van der Waals surface area contributed by atoms with Crippen LogP contribution in [-0.2, 0) is 17.6 Å². The number of benzene rings is 1. The van der Waals surface area contributed by atoms with Crippen molar-refractivity contribution in [3.05, 3.63) is 50.9 Å². The Morgan fingerprint density at radius 3 is 2.84 bits per heavy atom. The molecule has 0 fully saturated rings. The lowest BCUT2D eigenvalue weighted by atomic mass is 9.89. The summed E-state index contributed by atoms with van der Waals surface area (Å²) in [5, 5.41) is 0.664. The van der Waals surface area contributed by atoms with Crippen LogP contribution in [0.5, 0.6) is 5.75 Å². The van der Waals surface area contributed by atoms with Crippen molar-refractivity contribution in [3.63, 3.8) is 0 Å². The van der Waals surface area contributed by atoms with Crippen LogP contribution in [0.15, 0.2) is 29.3 Å². The van der Waals surface area contributed by atoms with Crippen molar-refractivity contribution in [2.24, 2.45) is 5.92 Å². The van der Waals surface area contributed by atoms with Crippen LogP contribution in [0, 0.1) is 5.92 Å². The van der Waals surface area contributed by atoms with Crippen LogP contribution in [0.25, 0.3) is 10.2 Å². The first-order valence-electron chi connectivity index (χ1n) is 10.9. The lowest BCUT2D eigenvalue weighted by Gasteiger charge is -2.30. The van der Waals surface area contributed by atoms with E-state index in [2.05, 4.69) is 11.9 Å². The van der Waals surface area contributed by atoms with Crippen molar-refractivity contribution in [1.82, 2.24) is 9.55 Å². The van der Waals surface area contributed by atoms with E-state index in [1.165, 1.54) is 20.7 Å². The van der Waals surface area contributed by atoms with Crippen LogP contribution in [0.3, 0.4) is 0 Å². The van der Waals surface area contributed by atoms with E-state index in [1.807, 2.05) is 0 Å². The standard InChI is InChI=1S/C24H25N3O4S/c1-12-5-7-16-19(9-12)32-22-20(16)24(30)27(11-25-22)13(2)21(28)15-6-8-18-17(10-15)26(4)23(29)14(3)31-18/h6,8,10-14H,5,7,9H2,1-4H3. The van der Waals surface area contributed by atoms with Gasteiger partial charge in [0, 0.05) is 17.5 Å². The second-order valence-corrected chi connectivity index (χ2v) is 9.95. The first-order chi connectivity index (χ1) is 15.3. The van der Waals surface area contributed by atoms with Gasteiger partial charge in [0.05, 0.1) is 23.4 Å². The maximum atomic E-state index is 13.4. The number of aromatic nitrogens is 2. The highest BCUT2D eigenvalue weighted by Crippen LogP contribution is 2.36. The molecule has 5 rings (SSSR count). The average molecular weight is 452 g/mol. The maximum Gasteiger partial charge on any atom is 0.267 e. The summed E-state index contributed by atoms with van der Waals surface area (Å²) in [5.74, 6) is 0.785. The van der Waals surface area contributed by atoms with Crippen molar-refractivity contribution in [3.8, 4) is 5.75 Å². The van der Waals surface area contributed by atoms with Gasteiger partial charge in [-0.25, -0.2) is 4.98 Å². The van der Waals surface area contributed by atoms with Crippen molar-refractivity contribution in [1.29, 1.82) is 0 Å². The van der Waals surface area contributed by atoms with Crippen LogP contribution >= 0.6 is 11.3 Å². The number of carbonyl (C=O) groups excluding carboxylic acids is 2. The van der Waals surface area contributed by atoms with E-state index in [1.54, 1.807) is 50.4 Å². The number of nitrogens with zero attached hydrogens (tertiary/aromatic N) is 3. The third-order valence-corrected chi connectivity index (χ3v) is 7.79. The number of likely N-dealkylation sites (N-methyl/N-ethyl adjacent to an activating group) is 1. The van der Waals surface area contributed by atoms with E-state index in [9.17, 15) is 14.4 Å². The fourth-order valence-corrected chi connectivity index (χ4v) is 5.99. The van der Waals surface area contributed by atoms with E-state index in [-0.39, 0.29) is 17.2 Å². The zero-order valence-electron chi connectivity index (χ0n) is 18.5. The second-order valence-electron chi connectivity index (χ2n) is 8.87. The summed E-state index contributed by atoms with van der Waals surface area (Å²) in [6, 6.07) is 4.32. The normalized spacial score (nSPS) is 21.1. The number of rotatable bonds is 3. The molecule has 2 aromatic heterocycles. The van der Waals surface area contributed by atoms with Gasteiger partial charge in [0.15, 0.2) is 11.9 Å². The first kappa shape index (κ1) is 20.9. The van der Waals surface area contributed by atoms with Crippen molar-refractivity contribution in [2.45, 2.75) is 52.2 Å². The number of carbonyl (C=O) groups is 2. The Labute approximate surface area is 189 Å². The molecule has 1 aromatic carbocycles. The molecule has 3 unspecified atom stereocenters. The molecule has 0 bridgehead atoms. The fourth-order valence-electron chi connectivity index (χ4n) is 4.65. The van der Waals surface area contributed by atoms with Gasteiger partial charge in [0.1, 0.15) is 10.6 Å². The molecule has 3 heterocycles. The Balaban J connectivity index is 1.52. The van der Waals surface area contributed by atoms with Crippen LogP contribution < -0.4 is 15.2 Å². The van der Waals surface area contributed by atoms with Gasteiger partial charge in [-0.05, 0) is 62.8 Å². The smallest absolute Gasteiger partial charge is 0.267 e. The summed E-state index contributed by atoms with van der Waals surface area (Å²) in [4.78, 5) is 47.0. The number of hydrogen-bond donors (Lipinski definition) is 0. The zero-order valence-corrected chi connectivity index (χ0v) is 19.4. The summed E-state index contributed by atoms with van der Waals surface area (Å²) in [7, 11) is 1.67. The summed E-state index contributed by atoms with van der Waals surface area (Å²) < 4.78 is 7.08. The molecule has 3 atom stereocenters. The van der Waals surface area contributed by atoms with Crippen molar-refractivity contribution >= 4 is 38.9 Å². The Hall–Kier alpha value is -3.00. The van der Waals surface area contributed by atoms with E-state index < -0.39 is 12.1 Å². The van der Waals surface area contributed by atoms with Gasteiger partial charge in [-0.3, -0.25) is 19.0 Å². The van der Waals surface area contributed by atoms with Gasteiger partial charge in [-0.1, -0.05) is 6.92 Å². The van der Waals surface area contributed by atoms with E-state index in [4.69, 9.17) is 4.74 Å². The summed E-state index contributed by atoms with van der Waals surface area (Å²) >= 11 is 1.60. The number of fused-ring (bicyclic) bond motifs is 4. The molecule has 32 heavy (non-hydrogen) atoms. The fraction of sp³-hybridized carbons (Fsp3) is 0.417. The third kappa shape index (κ3) is 3.16. The first-order valence-corrected chi connectivity index (χ1v) is 11.7. The van der Waals surface area contributed by atoms with Crippen LogP contribution in [0.1, 0.15) is 54.0 Å². The summed E-state index contributed by atoms with van der Waals surface area (Å²) in [5.41, 5.74) is 1.91.